The van der Waals surface area contributed by atoms with Gasteiger partial charge in [0.25, 0.3) is 0 Å². The molecule has 3 rings (SSSR count). The highest BCUT2D eigenvalue weighted by Crippen LogP contribution is 2.27. The smallest absolute Gasteiger partial charge is 0.196 e. The molecule has 1 heterocycles. The molecule has 0 spiro atoms. The number of benzene rings is 2. The average molecular weight is 337 g/mol. The first-order valence-electron chi connectivity index (χ1n) is 7.80. The van der Waals surface area contributed by atoms with Crippen molar-refractivity contribution >= 4 is 17.5 Å². The van der Waals surface area contributed by atoms with E-state index in [4.69, 9.17) is 0 Å². The van der Waals surface area contributed by atoms with E-state index in [0.29, 0.717) is 0 Å². The van der Waals surface area contributed by atoms with Crippen molar-refractivity contribution in [3.8, 4) is 5.69 Å². The van der Waals surface area contributed by atoms with Gasteiger partial charge in [0.1, 0.15) is 6.33 Å². The fourth-order valence-electron chi connectivity index (χ4n) is 2.47. The molecule has 0 N–H and O–H groups in total. The Hall–Kier alpha value is -2.40. The Balaban J connectivity index is 1.82. The van der Waals surface area contributed by atoms with Crippen LogP contribution in [0.1, 0.15) is 28.4 Å². The molecule has 0 amide bonds. The molecule has 1 atom stereocenters. The van der Waals surface area contributed by atoms with Gasteiger partial charge in [-0.1, -0.05) is 59.8 Å². The predicted octanol–water partition coefficient (Wildman–Crippen LogP) is 4.25. The first-order chi connectivity index (χ1) is 11.6. The van der Waals surface area contributed by atoms with Crippen molar-refractivity contribution in [1.82, 2.24) is 14.8 Å². The summed E-state index contributed by atoms with van der Waals surface area (Å²) in [5.74, 6) is 0.0966. The normalized spacial score (nSPS) is 12.1. The molecule has 0 bridgehead atoms. The van der Waals surface area contributed by atoms with E-state index in [9.17, 15) is 4.79 Å². The minimum Gasteiger partial charge on any atom is -0.293 e. The summed E-state index contributed by atoms with van der Waals surface area (Å²) in [4.78, 5) is 12.6. The van der Waals surface area contributed by atoms with E-state index < -0.39 is 0 Å². The lowest BCUT2D eigenvalue weighted by molar-refractivity contribution is 0.0994. The molecule has 2 aromatic carbocycles. The summed E-state index contributed by atoms with van der Waals surface area (Å²) in [6.07, 6.45) is 1.69. The van der Waals surface area contributed by atoms with E-state index in [2.05, 4.69) is 10.2 Å². The maximum absolute atomic E-state index is 12.6. The van der Waals surface area contributed by atoms with Crippen molar-refractivity contribution in [2.24, 2.45) is 0 Å². The highest BCUT2D eigenvalue weighted by molar-refractivity contribution is 8.00. The van der Waals surface area contributed by atoms with Crippen LogP contribution < -0.4 is 0 Å². The molecule has 0 aliphatic heterocycles. The number of nitrogens with zero attached hydrogens (tertiary/aromatic N) is 3. The van der Waals surface area contributed by atoms with Crippen molar-refractivity contribution in [3.63, 3.8) is 0 Å². The topological polar surface area (TPSA) is 47.8 Å². The molecule has 1 aromatic heterocycles. The van der Waals surface area contributed by atoms with Gasteiger partial charge < -0.3 is 0 Å². The van der Waals surface area contributed by atoms with Gasteiger partial charge in [0.15, 0.2) is 10.9 Å². The summed E-state index contributed by atoms with van der Waals surface area (Å²) in [6.45, 7) is 5.96. The van der Waals surface area contributed by atoms with E-state index in [0.717, 1.165) is 27.5 Å². The third-order valence-electron chi connectivity index (χ3n) is 3.88. The third kappa shape index (κ3) is 3.41. The van der Waals surface area contributed by atoms with Crippen LogP contribution in [0.4, 0.5) is 0 Å². The Labute approximate surface area is 145 Å². The minimum absolute atomic E-state index is 0.0966. The van der Waals surface area contributed by atoms with Crippen molar-refractivity contribution in [2.45, 2.75) is 31.2 Å². The number of Topliss-reactive ketones (excluding diaryl/α,β-unsaturated/α-hetero) is 1. The highest BCUT2D eigenvalue weighted by atomic mass is 32.2. The SMILES string of the molecule is Cc1ccc(C(=O)[C@@H](C)Sc2nncn2-c2ccccc2C)cc1. The molecule has 0 saturated heterocycles. The molecule has 24 heavy (non-hydrogen) atoms. The van der Waals surface area contributed by atoms with Crippen molar-refractivity contribution in [3.05, 3.63) is 71.5 Å². The second-order valence-electron chi connectivity index (χ2n) is 5.76. The summed E-state index contributed by atoms with van der Waals surface area (Å²) in [5.41, 5.74) is 4.03. The Morgan fingerprint density at radius 2 is 1.79 bits per heavy atom. The lowest BCUT2D eigenvalue weighted by atomic mass is 10.1. The first-order valence-corrected chi connectivity index (χ1v) is 8.68. The molecule has 0 aliphatic carbocycles. The Bertz CT molecular complexity index is 855. The molecule has 3 aromatic rings. The number of aryl methyl sites for hydroxylation is 2. The Morgan fingerprint density at radius 3 is 2.50 bits per heavy atom. The maximum atomic E-state index is 12.6. The number of thioether (sulfide) groups is 1. The summed E-state index contributed by atoms with van der Waals surface area (Å²) in [7, 11) is 0. The predicted molar refractivity (Wildman–Crippen MR) is 96.9 cm³/mol. The largest absolute Gasteiger partial charge is 0.293 e. The number of carbonyl (C=O) groups excluding carboxylic acids is 1. The van der Waals surface area contributed by atoms with E-state index in [1.54, 1.807) is 6.33 Å². The average Bonchev–Trinajstić information content (AvgIpc) is 3.03. The van der Waals surface area contributed by atoms with Gasteiger partial charge in [-0.15, -0.1) is 10.2 Å². The van der Waals surface area contributed by atoms with E-state index in [-0.39, 0.29) is 11.0 Å². The quantitative estimate of drug-likeness (QED) is 0.516. The number of hydrogen-bond acceptors (Lipinski definition) is 4. The van der Waals surface area contributed by atoms with Gasteiger partial charge >= 0.3 is 0 Å². The minimum atomic E-state index is -0.236. The standard InChI is InChI=1S/C19H19N3OS/c1-13-8-10-16(11-9-13)18(23)15(3)24-19-21-20-12-22(19)17-7-5-4-6-14(17)2/h4-12,15H,1-3H3/t15-/m1/s1. The summed E-state index contributed by atoms with van der Waals surface area (Å²) < 4.78 is 1.93. The van der Waals surface area contributed by atoms with Gasteiger partial charge in [-0.25, -0.2) is 0 Å². The number of rotatable bonds is 5. The van der Waals surface area contributed by atoms with Crippen LogP contribution in [-0.4, -0.2) is 25.8 Å². The summed E-state index contributed by atoms with van der Waals surface area (Å²) >= 11 is 1.43. The van der Waals surface area contributed by atoms with Gasteiger partial charge in [-0.2, -0.15) is 0 Å². The van der Waals surface area contributed by atoms with Crippen molar-refractivity contribution in [1.29, 1.82) is 0 Å². The van der Waals surface area contributed by atoms with E-state index in [1.165, 1.54) is 11.8 Å². The number of aromatic nitrogens is 3. The molecular formula is C19H19N3OS. The molecule has 0 aliphatic rings. The molecule has 122 valence electrons. The fraction of sp³-hybridized carbons (Fsp3) is 0.211. The van der Waals surface area contributed by atoms with Crippen LogP contribution in [0.2, 0.25) is 0 Å². The van der Waals surface area contributed by atoms with Crippen LogP contribution >= 0.6 is 11.8 Å². The van der Waals surface area contributed by atoms with Gasteiger partial charge in [0, 0.05) is 5.56 Å². The molecule has 0 unspecified atom stereocenters. The van der Waals surface area contributed by atoms with Crippen LogP contribution in [0.5, 0.6) is 0 Å². The monoisotopic (exact) mass is 337 g/mol. The summed E-state index contributed by atoms with van der Waals surface area (Å²) in [6, 6.07) is 15.7. The summed E-state index contributed by atoms with van der Waals surface area (Å²) in [5, 5.41) is 8.69. The van der Waals surface area contributed by atoms with Crippen LogP contribution in [-0.2, 0) is 0 Å². The number of ketones is 1. The van der Waals surface area contributed by atoms with Crippen LogP contribution in [0.15, 0.2) is 60.0 Å². The molecule has 0 radical (unpaired) electrons. The Morgan fingerprint density at radius 1 is 1.08 bits per heavy atom. The van der Waals surface area contributed by atoms with Crippen LogP contribution in [0.25, 0.3) is 5.69 Å². The lowest BCUT2D eigenvalue weighted by Gasteiger charge is -2.12. The maximum Gasteiger partial charge on any atom is 0.196 e. The second-order valence-corrected chi connectivity index (χ2v) is 7.07. The number of carbonyl (C=O) groups is 1. The molecule has 0 saturated carbocycles. The third-order valence-corrected chi connectivity index (χ3v) is 4.94. The van der Waals surface area contributed by atoms with Gasteiger partial charge in [-0.05, 0) is 32.4 Å². The van der Waals surface area contributed by atoms with Gasteiger partial charge in [0.05, 0.1) is 10.9 Å². The first kappa shape index (κ1) is 16.5. The molecule has 0 fully saturated rings. The highest BCUT2D eigenvalue weighted by Gasteiger charge is 2.20. The zero-order valence-electron chi connectivity index (χ0n) is 13.9. The van der Waals surface area contributed by atoms with E-state index >= 15 is 0 Å². The van der Waals surface area contributed by atoms with Gasteiger partial charge in [-0.3, -0.25) is 9.36 Å². The van der Waals surface area contributed by atoms with Crippen molar-refractivity contribution in [2.75, 3.05) is 0 Å². The number of para-hydroxylation sites is 1. The van der Waals surface area contributed by atoms with Crippen LogP contribution in [0, 0.1) is 13.8 Å². The Kier molecular flexibility index (Phi) is 4.81. The van der Waals surface area contributed by atoms with Crippen molar-refractivity contribution < 1.29 is 4.79 Å². The zero-order chi connectivity index (χ0) is 17.1. The fourth-order valence-corrected chi connectivity index (χ4v) is 3.38. The van der Waals surface area contributed by atoms with E-state index in [1.807, 2.05) is 73.9 Å². The second kappa shape index (κ2) is 7.01. The lowest BCUT2D eigenvalue weighted by Crippen LogP contribution is -2.14. The molecule has 4 nitrogen and oxygen atoms in total. The molecule has 5 heteroatoms. The molecular weight excluding hydrogens is 318 g/mol. The van der Waals surface area contributed by atoms with Gasteiger partial charge in [0.2, 0.25) is 0 Å². The number of hydrogen-bond donors (Lipinski definition) is 0. The zero-order valence-corrected chi connectivity index (χ0v) is 14.7. The van der Waals surface area contributed by atoms with Crippen LogP contribution in [0.3, 0.4) is 0 Å².